The molecule has 3 aliphatic rings. The van der Waals surface area contributed by atoms with Gasteiger partial charge in [-0.25, -0.2) is 0 Å². The summed E-state index contributed by atoms with van der Waals surface area (Å²) < 4.78 is 17.9. The minimum Gasteiger partial charge on any atom is -0.494 e. The number of hydrogen-bond acceptors (Lipinski definition) is 9. The minimum atomic E-state index is -1.55. The number of benzene rings is 2. The van der Waals surface area contributed by atoms with Gasteiger partial charge in [-0.3, -0.25) is 9.59 Å². The molecule has 1 amide bonds. The van der Waals surface area contributed by atoms with E-state index in [-0.39, 0.29) is 18.3 Å². The number of aliphatic hydroxyl groups excluding tert-OH is 3. The molecule has 1 aliphatic carbocycles. The average molecular weight is 625 g/mol. The van der Waals surface area contributed by atoms with E-state index in [0.717, 1.165) is 48.9 Å². The zero-order chi connectivity index (χ0) is 32.4. The Morgan fingerprint density at radius 1 is 1.02 bits per heavy atom. The van der Waals surface area contributed by atoms with Gasteiger partial charge >= 0.3 is 0 Å². The van der Waals surface area contributed by atoms with E-state index in [4.69, 9.17) is 14.2 Å². The summed E-state index contributed by atoms with van der Waals surface area (Å²) in [5.41, 5.74) is 1.92. The first-order chi connectivity index (χ1) is 21.4. The number of ether oxygens (including phenoxy) is 3. The van der Waals surface area contributed by atoms with Crippen LogP contribution in [0.2, 0.25) is 0 Å². The third-order valence-electron chi connectivity index (χ3n) is 9.64. The van der Waals surface area contributed by atoms with Crippen LogP contribution in [0.5, 0.6) is 5.75 Å². The summed E-state index contributed by atoms with van der Waals surface area (Å²) in [4.78, 5) is 27.5. The zero-order valence-electron chi connectivity index (χ0n) is 26.9. The molecule has 2 aromatic carbocycles. The molecule has 0 aromatic heterocycles. The van der Waals surface area contributed by atoms with Gasteiger partial charge in [0.2, 0.25) is 11.7 Å². The Bertz CT molecular complexity index is 1360. The Morgan fingerprint density at radius 2 is 1.76 bits per heavy atom. The van der Waals surface area contributed by atoms with Crippen LogP contribution in [0, 0.1) is 6.92 Å². The highest BCUT2D eigenvalue weighted by atomic mass is 16.8. The molecule has 3 fully saturated rings. The number of rotatable bonds is 14. The Hall–Kier alpha value is -2.86. The van der Waals surface area contributed by atoms with Crippen molar-refractivity contribution in [3.05, 3.63) is 64.7 Å². The molecule has 2 heterocycles. The second-order valence-corrected chi connectivity index (χ2v) is 13.5. The Balaban J connectivity index is 1.11. The van der Waals surface area contributed by atoms with Gasteiger partial charge in [0.05, 0.1) is 18.8 Å². The maximum atomic E-state index is 12.8. The third-order valence-corrected chi connectivity index (χ3v) is 9.64. The fourth-order valence-corrected chi connectivity index (χ4v) is 6.57. The first kappa shape index (κ1) is 33.5. The van der Waals surface area contributed by atoms with Crippen molar-refractivity contribution in [2.24, 2.45) is 0 Å². The lowest BCUT2D eigenvalue weighted by molar-refractivity contribution is -0.322. The Kier molecular flexibility index (Phi) is 10.0. The number of Topliss-reactive ketones (excluding diaryl/α,β-unsaturated/α-hetero) is 1. The van der Waals surface area contributed by atoms with E-state index >= 15 is 0 Å². The van der Waals surface area contributed by atoms with E-state index in [1.807, 2.05) is 63.5 Å². The molecule has 10 heteroatoms. The van der Waals surface area contributed by atoms with E-state index in [1.165, 1.54) is 0 Å². The summed E-state index contributed by atoms with van der Waals surface area (Å²) in [6.07, 6.45) is 1.07. The van der Waals surface area contributed by atoms with Crippen molar-refractivity contribution < 1.29 is 39.1 Å². The summed E-state index contributed by atoms with van der Waals surface area (Å²) in [6.45, 7) is 4.98. The number of aliphatic hydroxyl groups is 3. The van der Waals surface area contributed by atoms with E-state index in [9.17, 15) is 24.9 Å². The van der Waals surface area contributed by atoms with Gasteiger partial charge in [0.1, 0.15) is 29.7 Å². The highest BCUT2D eigenvalue weighted by Crippen LogP contribution is 2.49. The monoisotopic (exact) mass is 624 g/mol. The number of carbonyl (C=O) groups excluding carboxylic acids is 2. The van der Waals surface area contributed by atoms with E-state index in [2.05, 4.69) is 10.2 Å². The molecular weight excluding hydrogens is 576 g/mol. The number of fused-ring (bicyclic) bond motifs is 2. The molecule has 10 nitrogen and oxygen atoms in total. The predicted molar refractivity (Wildman–Crippen MR) is 168 cm³/mol. The van der Waals surface area contributed by atoms with Gasteiger partial charge in [-0.1, -0.05) is 24.3 Å². The summed E-state index contributed by atoms with van der Waals surface area (Å²) >= 11 is 0. The topological polar surface area (TPSA) is 138 Å². The molecule has 2 aliphatic heterocycles. The number of amides is 1. The molecule has 246 valence electrons. The summed E-state index contributed by atoms with van der Waals surface area (Å²) in [5.74, 6) is -0.795. The lowest BCUT2D eigenvalue weighted by atomic mass is 9.72. The quantitative estimate of drug-likeness (QED) is 0.234. The molecule has 5 rings (SSSR count). The lowest BCUT2D eigenvalue weighted by Gasteiger charge is -2.45. The van der Waals surface area contributed by atoms with Gasteiger partial charge in [0.25, 0.3) is 0 Å². The number of nitrogens with one attached hydrogen (secondary N) is 1. The van der Waals surface area contributed by atoms with Crippen LogP contribution in [0.4, 0.5) is 0 Å². The van der Waals surface area contributed by atoms with E-state index in [0.29, 0.717) is 43.6 Å². The maximum absolute atomic E-state index is 12.8. The summed E-state index contributed by atoms with van der Waals surface area (Å²) in [7, 11) is 3.98. The molecule has 0 radical (unpaired) electrons. The Morgan fingerprint density at radius 3 is 2.42 bits per heavy atom. The third kappa shape index (κ3) is 6.96. The fourth-order valence-electron chi connectivity index (χ4n) is 6.57. The van der Waals surface area contributed by atoms with Crippen LogP contribution in [0.3, 0.4) is 0 Å². The molecule has 0 unspecified atom stereocenters. The first-order valence-corrected chi connectivity index (χ1v) is 16.1. The number of ketones is 1. The Labute approximate surface area is 265 Å². The SMILES string of the molecule is Cc1ccc([C@]23OC[C@](C)(O2)[C@@H](O)[C@H](O)[C@H]3O)cc1Cc1ccc(OCCCC(=O)NC2(C(=O)CCCN(C)C)CCC2)cc1. The normalized spacial score (nSPS) is 28.5. The van der Waals surface area contributed by atoms with Crippen LogP contribution in [0.25, 0.3) is 0 Å². The van der Waals surface area contributed by atoms with Crippen LogP contribution in [-0.2, 0) is 31.3 Å². The van der Waals surface area contributed by atoms with Gasteiger partial charge in [0.15, 0.2) is 5.78 Å². The van der Waals surface area contributed by atoms with Crippen molar-refractivity contribution in [1.82, 2.24) is 10.2 Å². The average Bonchev–Trinajstić information content (AvgIpc) is 3.34. The van der Waals surface area contributed by atoms with Crippen LogP contribution in [0.15, 0.2) is 42.5 Å². The summed E-state index contributed by atoms with van der Waals surface area (Å²) in [6, 6.07) is 13.5. The molecule has 4 N–H and O–H groups in total. The van der Waals surface area contributed by atoms with Crippen LogP contribution in [0.1, 0.15) is 74.1 Å². The maximum Gasteiger partial charge on any atom is 0.225 e. The van der Waals surface area contributed by atoms with Gasteiger partial charge in [0, 0.05) is 18.4 Å². The predicted octanol–water partition coefficient (Wildman–Crippen LogP) is 2.75. The number of carbonyl (C=O) groups is 2. The molecule has 2 aromatic rings. The van der Waals surface area contributed by atoms with Crippen molar-refractivity contribution >= 4 is 11.7 Å². The van der Waals surface area contributed by atoms with E-state index in [1.54, 1.807) is 6.92 Å². The van der Waals surface area contributed by atoms with Crippen molar-refractivity contribution in [3.8, 4) is 5.75 Å². The number of aryl methyl sites for hydroxylation is 1. The first-order valence-electron chi connectivity index (χ1n) is 16.1. The van der Waals surface area contributed by atoms with Gasteiger partial charge in [-0.15, -0.1) is 0 Å². The van der Waals surface area contributed by atoms with Crippen LogP contribution in [-0.4, -0.2) is 95.2 Å². The van der Waals surface area contributed by atoms with Gasteiger partial charge < -0.3 is 39.7 Å². The molecule has 1 saturated carbocycles. The molecule has 0 spiro atoms. The second-order valence-electron chi connectivity index (χ2n) is 13.5. The number of hydrogen-bond donors (Lipinski definition) is 4. The van der Waals surface area contributed by atoms with Gasteiger partial charge in [-0.05, 0) is 108 Å². The van der Waals surface area contributed by atoms with E-state index < -0.39 is 35.2 Å². The molecule has 2 bridgehead atoms. The summed E-state index contributed by atoms with van der Waals surface area (Å²) in [5, 5.41) is 34.8. The standard InChI is InChI=1S/C35H48N2O8/c1-23-10-13-26(35-32(42)30(40)31(41)33(2,45-35)22-44-35)21-25(23)20-24-11-14-27(15-12-24)43-19-6-9-29(39)36-34(16-7-17-34)28(38)8-5-18-37(3)4/h10-15,21,30-32,40-42H,5-9,16-20,22H2,1-4H3,(H,36,39)/t30-,31-,32+,33-,35-/m0/s1. The van der Waals surface area contributed by atoms with Gasteiger partial charge in [-0.2, -0.15) is 0 Å². The van der Waals surface area contributed by atoms with Crippen molar-refractivity contribution in [1.29, 1.82) is 0 Å². The van der Waals surface area contributed by atoms with Crippen LogP contribution >= 0.6 is 0 Å². The molecular formula is C35H48N2O8. The van der Waals surface area contributed by atoms with Crippen molar-refractivity contribution in [2.45, 2.75) is 100 Å². The largest absolute Gasteiger partial charge is 0.494 e. The van der Waals surface area contributed by atoms with Crippen molar-refractivity contribution in [3.63, 3.8) is 0 Å². The van der Waals surface area contributed by atoms with Crippen molar-refractivity contribution in [2.75, 3.05) is 33.9 Å². The molecule has 5 atom stereocenters. The molecule has 45 heavy (non-hydrogen) atoms. The fraction of sp³-hybridized carbons (Fsp3) is 0.600. The highest BCUT2D eigenvalue weighted by molar-refractivity contribution is 5.93. The number of nitrogens with zero attached hydrogens (tertiary/aromatic N) is 1. The lowest BCUT2D eigenvalue weighted by Crippen LogP contribution is -2.63. The molecule has 2 saturated heterocycles. The van der Waals surface area contributed by atoms with Crippen LogP contribution < -0.4 is 10.1 Å². The minimum absolute atomic E-state index is 0.0510. The zero-order valence-corrected chi connectivity index (χ0v) is 26.9. The second kappa shape index (κ2) is 13.5. The smallest absolute Gasteiger partial charge is 0.225 e. The highest BCUT2D eigenvalue weighted by Gasteiger charge is 2.65.